The second-order valence-electron chi connectivity index (χ2n) is 7.59. The smallest absolute Gasteiger partial charge is 0.244 e. The van der Waals surface area contributed by atoms with Gasteiger partial charge < -0.3 is 4.74 Å². The standard InChI is InChI=1S/C23H21F3N2O3S/c1-31-22-7-6-19(14-27-22)32(29,30)28-10-8-17(9-11-28)15-2-4-16(5-3-15)18-12-20(24)23(26)21(25)13-18/h2-7,12-14,17H,8-11H2,1H3. The van der Waals surface area contributed by atoms with Crippen molar-refractivity contribution < 1.29 is 26.3 Å². The molecule has 0 spiro atoms. The highest BCUT2D eigenvalue weighted by molar-refractivity contribution is 7.89. The van der Waals surface area contributed by atoms with Gasteiger partial charge in [0.25, 0.3) is 0 Å². The first kappa shape index (κ1) is 22.3. The Morgan fingerprint density at radius 1 is 0.938 bits per heavy atom. The molecule has 5 nitrogen and oxygen atoms in total. The fourth-order valence-electron chi connectivity index (χ4n) is 3.89. The number of rotatable bonds is 5. The summed E-state index contributed by atoms with van der Waals surface area (Å²) < 4.78 is 72.4. The third-order valence-corrected chi connectivity index (χ3v) is 7.59. The summed E-state index contributed by atoms with van der Waals surface area (Å²) in [6, 6.07) is 12.1. The maximum absolute atomic E-state index is 13.5. The third-order valence-electron chi connectivity index (χ3n) is 5.71. The third kappa shape index (κ3) is 4.35. The zero-order valence-corrected chi connectivity index (χ0v) is 18.1. The minimum atomic E-state index is -3.63. The van der Waals surface area contributed by atoms with Gasteiger partial charge in [-0.25, -0.2) is 26.6 Å². The molecular formula is C23H21F3N2O3S. The molecule has 32 heavy (non-hydrogen) atoms. The lowest BCUT2D eigenvalue weighted by atomic mass is 9.89. The molecule has 0 unspecified atom stereocenters. The fraction of sp³-hybridized carbons (Fsp3) is 0.261. The summed E-state index contributed by atoms with van der Waals surface area (Å²) in [5, 5.41) is 0. The molecule has 0 bridgehead atoms. The maximum atomic E-state index is 13.5. The van der Waals surface area contributed by atoms with Gasteiger partial charge in [0.1, 0.15) is 4.90 Å². The molecule has 1 aliphatic rings. The molecule has 2 aromatic carbocycles. The van der Waals surface area contributed by atoms with Gasteiger partial charge in [-0.1, -0.05) is 24.3 Å². The number of ether oxygens (including phenoxy) is 1. The lowest BCUT2D eigenvalue weighted by Crippen LogP contribution is -2.37. The molecule has 1 saturated heterocycles. The topological polar surface area (TPSA) is 59.5 Å². The zero-order valence-electron chi connectivity index (χ0n) is 17.3. The summed E-state index contributed by atoms with van der Waals surface area (Å²) in [7, 11) is -2.17. The molecule has 0 saturated carbocycles. The molecule has 0 N–H and O–H groups in total. The van der Waals surface area contributed by atoms with Crippen molar-refractivity contribution in [3.05, 3.63) is 77.7 Å². The molecule has 168 valence electrons. The highest BCUT2D eigenvalue weighted by Crippen LogP contribution is 2.32. The Morgan fingerprint density at radius 3 is 2.09 bits per heavy atom. The summed E-state index contributed by atoms with van der Waals surface area (Å²) in [6.07, 6.45) is 2.57. The molecule has 4 rings (SSSR count). The van der Waals surface area contributed by atoms with Crippen molar-refractivity contribution in [2.24, 2.45) is 0 Å². The summed E-state index contributed by atoms with van der Waals surface area (Å²) in [4.78, 5) is 4.10. The Hall–Kier alpha value is -2.91. The maximum Gasteiger partial charge on any atom is 0.244 e. The molecule has 9 heteroatoms. The van der Waals surface area contributed by atoms with E-state index in [9.17, 15) is 21.6 Å². The van der Waals surface area contributed by atoms with Crippen molar-refractivity contribution in [2.45, 2.75) is 23.7 Å². The minimum Gasteiger partial charge on any atom is -0.481 e. The van der Waals surface area contributed by atoms with E-state index in [1.54, 1.807) is 12.1 Å². The number of benzene rings is 2. The van der Waals surface area contributed by atoms with Crippen molar-refractivity contribution in [3.8, 4) is 17.0 Å². The monoisotopic (exact) mass is 462 g/mol. The van der Waals surface area contributed by atoms with E-state index >= 15 is 0 Å². The van der Waals surface area contributed by atoms with E-state index in [2.05, 4.69) is 4.98 Å². The van der Waals surface area contributed by atoms with E-state index in [1.165, 1.54) is 29.7 Å². The Bertz CT molecular complexity index is 1190. The zero-order chi connectivity index (χ0) is 22.9. The van der Waals surface area contributed by atoms with Crippen LogP contribution < -0.4 is 4.74 Å². The van der Waals surface area contributed by atoms with Gasteiger partial charge in [0.2, 0.25) is 15.9 Å². The number of nitrogens with zero attached hydrogens (tertiary/aromatic N) is 2. The Balaban J connectivity index is 1.44. The first-order valence-electron chi connectivity index (χ1n) is 10.0. The van der Waals surface area contributed by atoms with Crippen LogP contribution in [-0.2, 0) is 10.0 Å². The molecule has 0 aliphatic carbocycles. The van der Waals surface area contributed by atoms with Crippen molar-refractivity contribution in [3.63, 3.8) is 0 Å². The molecule has 2 heterocycles. The first-order chi connectivity index (χ1) is 15.3. The normalized spacial score (nSPS) is 15.6. The summed E-state index contributed by atoms with van der Waals surface area (Å²) in [5.41, 5.74) is 1.83. The Morgan fingerprint density at radius 2 is 1.56 bits per heavy atom. The van der Waals surface area contributed by atoms with Gasteiger partial charge in [-0.2, -0.15) is 4.31 Å². The van der Waals surface area contributed by atoms with Crippen LogP contribution in [0.2, 0.25) is 0 Å². The van der Waals surface area contributed by atoms with Crippen molar-refractivity contribution in [1.82, 2.24) is 9.29 Å². The van der Waals surface area contributed by atoms with E-state index in [0.717, 1.165) is 17.7 Å². The van der Waals surface area contributed by atoms with Gasteiger partial charge in [-0.15, -0.1) is 0 Å². The fourth-order valence-corrected chi connectivity index (χ4v) is 5.30. The molecule has 3 aromatic rings. The molecule has 0 amide bonds. The first-order valence-corrected chi connectivity index (χ1v) is 11.5. The second-order valence-corrected chi connectivity index (χ2v) is 9.53. The van der Waals surface area contributed by atoms with Crippen LogP contribution in [0.1, 0.15) is 24.3 Å². The van der Waals surface area contributed by atoms with Crippen molar-refractivity contribution >= 4 is 10.0 Å². The second kappa shape index (κ2) is 8.91. The average Bonchev–Trinajstić information content (AvgIpc) is 2.82. The van der Waals surface area contributed by atoms with Crippen LogP contribution in [0.25, 0.3) is 11.1 Å². The van der Waals surface area contributed by atoms with Gasteiger partial charge in [0, 0.05) is 19.2 Å². The highest BCUT2D eigenvalue weighted by atomic mass is 32.2. The molecular weight excluding hydrogens is 441 g/mol. The highest BCUT2D eigenvalue weighted by Gasteiger charge is 2.30. The van der Waals surface area contributed by atoms with E-state index in [4.69, 9.17) is 4.74 Å². The quantitative estimate of drug-likeness (QED) is 0.514. The van der Waals surface area contributed by atoms with Crippen LogP contribution in [0, 0.1) is 17.5 Å². The van der Waals surface area contributed by atoms with Crippen LogP contribution in [-0.4, -0.2) is 37.9 Å². The summed E-state index contributed by atoms with van der Waals surface area (Å²) in [5.74, 6) is -3.45. The lowest BCUT2D eigenvalue weighted by molar-refractivity contribution is 0.319. The van der Waals surface area contributed by atoms with Crippen LogP contribution in [0.3, 0.4) is 0 Å². The van der Waals surface area contributed by atoms with E-state index in [-0.39, 0.29) is 16.4 Å². The van der Waals surface area contributed by atoms with Crippen molar-refractivity contribution in [2.75, 3.05) is 20.2 Å². The van der Waals surface area contributed by atoms with Gasteiger partial charge in [-0.05, 0) is 53.6 Å². The number of sulfonamides is 1. The van der Waals surface area contributed by atoms with E-state index in [0.29, 0.717) is 37.4 Å². The van der Waals surface area contributed by atoms with Gasteiger partial charge >= 0.3 is 0 Å². The van der Waals surface area contributed by atoms with Crippen LogP contribution in [0.15, 0.2) is 59.6 Å². The summed E-state index contributed by atoms with van der Waals surface area (Å²) in [6.45, 7) is 0.740. The van der Waals surface area contributed by atoms with Crippen LogP contribution in [0.4, 0.5) is 13.2 Å². The summed E-state index contributed by atoms with van der Waals surface area (Å²) >= 11 is 0. The van der Waals surface area contributed by atoms with E-state index < -0.39 is 27.5 Å². The number of halogens is 3. The number of aromatic nitrogens is 1. The lowest BCUT2D eigenvalue weighted by Gasteiger charge is -2.31. The molecule has 0 atom stereocenters. The number of hydrogen-bond acceptors (Lipinski definition) is 4. The van der Waals surface area contributed by atoms with Gasteiger partial charge in [0.05, 0.1) is 13.3 Å². The predicted molar refractivity (Wildman–Crippen MR) is 113 cm³/mol. The number of piperidine rings is 1. The van der Waals surface area contributed by atoms with E-state index in [1.807, 2.05) is 12.1 Å². The van der Waals surface area contributed by atoms with Gasteiger partial charge in [-0.3, -0.25) is 0 Å². The number of hydrogen-bond donors (Lipinski definition) is 0. The van der Waals surface area contributed by atoms with Crippen LogP contribution in [0.5, 0.6) is 5.88 Å². The van der Waals surface area contributed by atoms with Crippen molar-refractivity contribution in [1.29, 1.82) is 0 Å². The number of pyridine rings is 1. The largest absolute Gasteiger partial charge is 0.481 e. The molecule has 1 aromatic heterocycles. The van der Waals surface area contributed by atoms with Gasteiger partial charge in [0.15, 0.2) is 17.5 Å². The molecule has 1 aliphatic heterocycles. The minimum absolute atomic E-state index is 0.125. The Kier molecular flexibility index (Phi) is 6.21. The number of methoxy groups -OCH3 is 1. The SMILES string of the molecule is COc1ccc(S(=O)(=O)N2CCC(c3ccc(-c4cc(F)c(F)c(F)c4)cc3)CC2)cn1. The van der Waals surface area contributed by atoms with Crippen LogP contribution >= 0.6 is 0 Å². The predicted octanol–water partition coefficient (Wildman–Crippen LogP) is 4.74. The average molecular weight is 462 g/mol. The molecule has 1 fully saturated rings. The molecule has 0 radical (unpaired) electrons. The Labute approximate surface area is 184 Å².